The topological polar surface area (TPSA) is 250 Å². The van der Waals surface area contributed by atoms with Crippen molar-refractivity contribution < 1.29 is 40.1 Å². The second kappa shape index (κ2) is 11.6. The molecule has 2 fully saturated rings. The number of aliphatic hydroxyl groups is 6. The van der Waals surface area contributed by atoms with Crippen LogP contribution in [-0.4, -0.2) is 99.6 Å². The molecule has 16 nitrogen and oxygen atoms in total. The molecule has 2 aromatic heterocycles. The first-order valence-corrected chi connectivity index (χ1v) is 11.3. The molecule has 2 saturated heterocycles. The van der Waals surface area contributed by atoms with Gasteiger partial charge in [-0.15, -0.1) is 0 Å². The number of hydrogen-bond acceptors (Lipinski definition) is 12. The van der Waals surface area contributed by atoms with Gasteiger partial charge in [-0.2, -0.15) is 0 Å². The van der Waals surface area contributed by atoms with Crippen LogP contribution < -0.4 is 22.5 Å². The highest BCUT2D eigenvalue weighted by atomic mass is 16.6. The van der Waals surface area contributed by atoms with Crippen molar-refractivity contribution in [3.63, 3.8) is 0 Å². The average molecular weight is 530 g/mol. The van der Waals surface area contributed by atoms with E-state index < -0.39 is 84.5 Å². The maximum absolute atomic E-state index is 11.7. The van der Waals surface area contributed by atoms with Crippen LogP contribution in [0.2, 0.25) is 0 Å². The van der Waals surface area contributed by atoms with E-state index in [0.717, 1.165) is 4.57 Å². The second-order valence-corrected chi connectivity index (χ2v) is 8.60. The van der Waals surface area contributed by atoms with Gasteiger partial charge in [0, 0.05) is 26.0 Å². The third-order valence-corrected chi connectivity index (χ3v) is 6.21. The molecule has 0 unspecified atom stereocenters. The number of rotatable bonds is 5. The molecule has 2 aliphatic rings. The van der Waals surface area contributed by atoms with Gasteiger partial charge in [0.15, 0.2) is 0 Å². The van der Waals surface area contributed by atoms with Gasteiger partial charge in [0.25, 0.3) is 11.1 Å². The Labute approximate surface area is 207 Å². The second-order valence-electron chi connectivity index (χ2n) is 8.60. The fourth-order valence-electron chi connectivity index (χ4n) is 4.06. The minimum absolute atomic E-state index is 0.0274. The van der Waals surface area contributed by atoms with Crippen molar-refractivity contribution in [1.29, 1.82) is 0 Å². The Morgan fingerprint density at radius 3 is 1.59 bits per heavy atom. The summed E-state index contributed by atoms with van der Waals surface area (Å²) in [5.41, 5.74) is -2.43. The van der Waals surface area contributed by atoms with Crippen LogP contribution in [0.15, 0.2) is 31.6 Å². The lowest BCUT2D eigenvalue weighted by Gasteiger charge is -2.15. The zero-order valence-electron chi connectivity index (χ0n) is 19.9. The molecule has 0 aromatic carbocycles. The monoisotopic (exact) mass is 530 g/mol. The maximum atomic E-state index is 11.7. The van der Waals surface area contributed by atoms with Crippen molar-refractivity contribution >= 4 is 0 Å². The van der Waals surface area contributed by atoms with Crippen LogP contribution in [0, 0.1) is 0 Å². The fourth-order valence-corrected chi connectivity index (χ4v) is 4.06. The lowest BCUT2D eigenvalue weighted by molar-refractivity contribution is -0.0233. The van der Waals surface area contributed by atoms with Crippen molar-refractivity contribution in [2.24, 2.45) is 7.05 Å². The van der Waals surface area contributed by atoms with Crippen molar-refractivity contribution in [2.75, 3.05) is 13.2 Å². The van der Waals surface area contributed by atoms with Crippen molar-refractivity contribution in [3.8, 4) is 0 Å². The summed E-state index contributed by atoms with van der Waals surface area (Å²) in [6.45, 7) is 1.12. The van der Waals surface area contributed by atoms with Crippen molar-refractivity contribution in [2.45, 2.75) is 62.3 Å². The SMILES string of the molecule is CCn1cc([C@@H]2O[C@H](CO)[C@@H](O)[C@H]2O)c(=O)[nH]c1=O.Cn1cc([C@@H]2O[C@H](CO)[C@@H](O)[C@H]2O)c(=O)[nH]c1=O. The summed E-state index contributed by atoms with van der Waals surface area (Å²) in [4.78, 5) is 50.2. The number of aryl methyl sites for hydroxylation is 2. The van der Waals surface area contributed by atoms with E-state index in [1.807, 2.05) is 0 Å². The normalized spacial score (nSPS) is 31.2. The van der Waals surface area contributed by atoms with E-state index in [4.69, 9.17) is 19.7 Å². The van der Waals surface area contributed by atoms with E-state index in [1.165, 1.54) is 24.0 Å². The van der Waals surface area contributed by atoms with Crippen LogP contribution in [0.5, 0.6) is 0 Å². The fraction of sp³-hybridized carbons (Fsp3) is 0.619. The smallest absolute Gasteiger partial charge is 0.328 e. The Hall–Kier alpha value is -2.96. The van der Waals surface area contributed by atoms with Crippen LogP contribution in [0.4, 0.5) is 0 Å². The largest absolute Gasteiger partial charge is 0.394 e. The lowest BCUT2D eigenvalue weighted by atomic mass is 10.0. The van der Waals surface area contributed by atoms with E-state index >= 15 is 0 Å². The summed E-state index contributed by atoms with van der Waals surface area (Å²) < 4.78 is 12.9. The molecule has 16 heteroatoms. The Bertz CT molecular complexity index is 1320. The molecule has 0 aliphatic carbocycles. The van der Waals surface area contributed by atoms with Gasteiger partial charge in [0.1, 0.15) is 48.8 Å². The first kappa shape index (κ1) is 28.6. The summed E-state index contributed by atoms with van der Waals surface area (Å²) >= 11 is 0. The Morgan fingerprint density at radius 2 is 1.19 bits per heavy atom. The number of aliphatic hydroxyl groups excluding tert-OH is 6. The van der Waals surface area contributed by atoms with E-state index in [2.05, 4.69) is 9.97 Å². The molecule has 37 heavy (non-hydrogen) atoms. The predicted octanol–water partition coefficient (Wildman–Crippen LogP) is -5.06. The predicted molar refractivity (Wildman–Crippen MR) is 123 cm³/mol. The molecule has 8 N–H and O–H groups in total. The third kappa shape index (κ3) is 5.65. The van der Waals surface area contributed by atoms with Crippen molar-refractivity contribution in [1.82, 2.24) is 19.1 Å². The first-order chi connectivity index (χ1) is 17.4. The van der Waals surface area contributed by atoms with Gasteiger partial charge in [-0.05, 0) is 6.92 Å². The highest BCUT2D eigenvalue weighted by Crippen LogP contribution is 2.32. The molecule has 2 aromatic rings. The third-order valence-electron chi connectivity index (χ3n) is 6.21. The number of aromatic amines is 2. The molecule has 0 bridgehead atoms. The van der Waals surface area contributed by atoms with Crippen LogP contribution in [-0.2, 0) is 23.1 Å². The standard InChI is InChI=1S/C11H16N2O6.C10H14N2O6/c1-2-13-3-5(10(17)12-11(13)18)9-8(16)7(15)6(4-14)19-9;1-12-2-4(9(16)11-10(12)17)8-7(15)6(14)5(3-13)18-8/h3,6-9,14-16H,2,4H2,1H3,(H,12,17,18);2,5-8,13-15H,3H2,1H3,(H,11,16,17)/t6-,7-,8-,9+;5-,6-,7-,8+/m11/s1. The molecule has 4 rings (SSSR count). The summed E-state index contributed by atoms with van der Waals surface area (Å²) in [5.74, 6) is 0. The number of nitrogens with one attached hydrogen (secondary N) is 2. The Kier molecular flexibility index (Phi) is 8.98. The summed E-state index contributed by atoms with van der Waals surface area (Å²) in [6.07, 6.45) is -6.76. The van der Waals surface area contributed by atoms with Crippen molar-refractivity contribution in [3.05, 3.63) is 65.2 Å². The maximum Gasteiger partial charge on any atom is 0.328 e. The number of aromatic nitrogens is 4. The van der Waals surface area contributed by atoms with Gasteiger partial charge in [-0.25, -0.2) is 9.59 Å². The van der Waals surface area contributed by atoms with E-state index in [0.29, 0.717) is 6.54 Å². The molecular weight excluding hydrogens is 500 g/mol. The van der Waals surface area contributed by atoms with Gasteiger partial charge < -0.3 is 49.2 Å². The van der Waals surface area contributed by atoms with E-state index in [9.17, 15) is 39.6 Å². The molecule has 4 heterocycles. The van der Waals surface area contributed by atoms with Gasteiger partial charge in [0.05, 0.1) is 24.3 Å². The highest BCUT2D eigenvalue weighted by Gasteiger charge is 2.45. The van der Waals surface area contributed by atoms with Crippen LogP contribution in [0.1, 0.15) is 30.3 Å². The Morgan fingerprint density at radius 1 is 0.757 bits per heavy atom. The van der Waals surface area contributed by atoms with Gasteiger partial charge in [0.2, 0.25) is 0 Å². The minimum Gasteiger partial charge on any atom is -0.394 e. The molecule has 0 saturated carbocycles. The summed E-state index contributed by atoms with van der Waals surface area (Å²) in [7, 11) is 1.43. The number of hydrogen-bond donors (Lipinski definition) is 8. The average Bonchev–Trinajstić information content (AvgIpc) is 3.31. The molecular formula is C21H30N4O12. The quantitative estimate of drug-likeness (QED) is 0.181. The van der Waals surface area contributed by atoms with Gasteiger partial charge >= 0.3 is 11.4 Å². The van der Waals surface area contributed by atoms with Crippen LogP contribution in [0.25, 0.3) is 0 Å². The van der Waals surface area contributed by atoms with Crippen LogP contribution >= 0.6 is 0 Å². The van der Waals surface area contributed by atoms with Gasteiger partial charge in [-0.3, -0.25) is 19.6 Å². The van der Waals surface area contributed by atoms with Crippen LogP contribution in [0.3, 0.4) is 0 Å². The zero-order chi connectivity index (χ0) is 27.6. The summed E-state index contributed by atoms with van der Waals surface area (Å²) in [5, 5.41) is 56.8. The zero-order valence-corrected chi connectivity index (χ0v) is 19.9. The minimum atomic E-state index is -1.33. The molecule has 0 spiro atoms. The van der Waals surface area contributed by atoms with Gasteiger partial charge in [-0.1, -0.05) is 0 Å². The molecule has 0 radical (unpaired) electrons. The lowest BCUT2D eigenvalue weighted by Crippen LogP contribution is -2.35. The summed E-state index contributed by atoms with van der Waals surface area (Å²) in [6, 6.07) is 0. The molecule has 206 valence electrons. The Balaban J connectivity index is 0.000000206. The van der Waals surface area contributed by atoms with E-state index in [1.54, 1.807) is 6.92 Å². The molecule has 0 amide bonds. The van der Waals surface area contributed by atoms with E-state index in [-0.39, 0.29) is 11.1 Å². The molecule has 2 aliphatic heterocycles. The number of H-pyrrole nitrogens is 2. The number of ether oxygens (including phenoxy) is 2. The highest BCUT2D eigenvalue weighted by molar-refractivity contribution is 5.15. The number of nitrogens with zero attached hydrogens (tertiary/aromatic N) is 2. The molecule has 8 atom stereocenters. The first-order valence-electron chi connectivity index (χ1n) is 11.3.